The maximum Gasteiger partial charge on any atom is 0.309 e. The highest BCUT2D eigenvalue weighted by molar-refractivity contribution is 5.83. The minimum absolute atomic E-state index is 0.221. The Morgan fingerprint density at radius 2 is 2.25 bits per heavy atom. The number of esters is 1. The van der Waals surface area contributed by atoms with Crippen LogP contribution in [0.15, 0.2) is 41.0 Å². The zero-order valence-electron chi connectivity index (χ0n) is 9.14. The Bertz CT molecular complexity index is 461. The lowest BCUT2D eigenvalue weighted by Crippen LogP contribution is -2.03. The molecule has 0 amide bonds. The average Bonchev–Trinajstić information content (AvgIpc) is 2.50. The minimum atomic E-state index is -0.221. The van der Waals surface area contributed by atoms with Gasteiger partial charge in [-0.1, -0.05) is 24.3 Å². The van der Waals surface area contributed by atoms with E-state index in [-0.39, 0.29) is 5.97 Å². The van der Waals surface area contributed by atoms with Gasteiger partial charge in [-0.25, -0.2) is 0 Å². The van der Waals surface area contributed by atoms with Crippen molar-refractivity contribution in [3.63, 3.8) is 0 Å². The van der Waals surface area contributed by atoms with Gasteiger partial charge in [0, 0.05) is 12.4 Å². The van der Waals surface area contributed by atoms with Crippen molar-refractivity contribution in [1.29, 1.82) is 0 Å². The fraction of sp³-hybridized carbons (Fsp3) is 0.231. The Labute approximate surface area is 94.5 Å². The Morgan fingerprint density at radius 1 is 1.44 bits per heavy atom. The maximum absolute atomic E-state index is 11.2. The molecule has 1 heterocycles. The van der Waals surface area contributed by atoms with E-state index in [1.807, 2.05) is 24.4 Å². The van der Waals surface area contributed by atoms with Crippen LogP contribution in [-0.2, 0) is 16.0 Å². The number of carbonyl (C=O) groups is 1. The summed E-state index contributed by atoms with van der Waals surface area (Å²) in [6, 6.07) is 8.05. The third-order valence-corrected chi connectivity index (χ3v) is 2.54. The Morgan fingerprint density at radius 3 is 3.06 bits per heavy atom. The lowest BCUT2D eigenvalue weighted by molar-refractivity contribution is -0.139. The van der Waals surface area contributed by atoms with E-state index >= 15 is 0 Å². The molecule has 3 heteroatoms. The van der Waals surface area contributed by atoms with Crippen LogP contribution >= 0.6 is 0 Å². The van der Waals surface area contributed by atoms with E-state index in [4.69, 9.17) is 0 Å². The summed E-state index contributed by atoms with van der Waals surface area (Å²) < 4.78 is 4.65. The Kier molecular flexibility index (Phi) is 3.15. The number of benzene rings is 1. The SMILES string of the molecule is COC(=O)CC1=CN=Cc2ccccc2C1. The third kappa shape index (κ3) is 2.37. The number of hydrogen-bond donors (Lipinski definition) is 0. The van der Waals surface area contributed by atoms with Crippen LogP contribution in [0.3, 0.4) is 0 Å². The number of hydrogen-bond acceptors (Lipinski definition) is 3. The van der Waals surface area contributed by atoms with Crippen molar-refractivity contribution in [1.82, 2.24) is 0 Å². The highest BCUT2D eigenvalue weighted by Crippen LogP contribution is 2.18. The van der Waals surface area contributed by atoms with Crippen LogP contribution in [0.25, 0.3) is 0 Å². The van der Waals surface area contributed by atoms with Crippen molar-refractivity contribution in [3.05, 3.63) is 47.2 Å². The lowest BCUT2D eigenvalue weighted by atomic mass is 10.00. The molecule has 0 atom stereocenters. The second kappa shape index (κ2) is 4.75. The molecule has 1 aromatic carbocycles. The topological polar surface area (TPSA) is 38.7 Å². The zero-order chi connectivity index (χ0) is 11.4. The van der Waals surface area contributed by atoms with Crippen LogP contribution in [0, 0.1) is 0 Å². The summed E-state index contributed by atoms with van der Waals surface area (Å²) in [6.07, 6.45) is 4.63. The summed E-state index contributed by atoms with van der Waals surface area (Å²) in [4.78, 5) is 15.4. The largest absolute Gasteiger partial charge is 0.469 e. The van der Waals surface area contributed by atoms with Crippen molar-refractivity contribution in [2.45, 2.75) is 12.8 Å². The fourth-order valence-corrected chi connectivity index (χ4v) is 1.70. The summed E-state index contributed by atoms with van der Waals surface area (Å²) in [6.45, 7) is 0. The summed E-state index contributed by atoms with van der Waals surface area (Å²) in [5.74, 6) is -0.221. The van der Waals surface area contributed by atoms with Gasteiger partial charge in [0.15, 0.2) is 0 Å². The van der Waals surface area contributed by atoms with Crippen LogP contribution < -0.4 is 0 Å². The van der Waals surface area contributed by atoms with E-state index in [1.165, 1.54) is 12.7 Å². The first-order valence-electron chi connectivity index (χ1n) is 5.15. The molecule has 3 nitrogen and oxygen atoms in total. The van der Waals surface area contributed by atoms with Crippen LogP contribution in [0.1, 0.15) is 17.5 Å². The molecule has 1 aliphatic heterocycles. The van der Waals surface area contributed by atoms with Crippen LogP contribution in [0.4, 0.5) is 0 Å². The molecular formula is C13H13NO2. The standard InChI is InChI=1S/C13H13NO2/c1-16-13(15)7-10-6-11-4-2-3-5-12(11)9-14-8-10/h2-5,8-9H,6-7H2,1H3. The van der Waals surface area contributed by atoms with Gasteiger partial charge in [0.05, 0.1) is 13.5 Å². The molecule has 1 aliphatic rings. The molecule has 1 aromatic rings. The van der Waals surface area contributed by atoms with E-state index in [9.17, 15) is 4.79 Å². The highest BCUT2D eigenvalue weighted by Gasteiger charge is 2.10. The number of ether oxygens (including phenoxy) is 1. The van der Waals surface area contributed by atoms with E-state index in [2.05, 4.69) is 15.8 Å². The van der Waals surface area contributed by atoms with Crippen LogP contribution in [0.5, 0.6) is 0 Å². The molecule has 0 fully saturated rings. The minimum Gasteiger partial charge on any atom is -0.469 e. The summed E-state index contributed by atoms with van der Waals surface area (Å²) in [5, 5.41) is 0. The summed E-state index contributed by atoms with van der Waals surface area (Å²) in [5.41, 5.74) is 3.28. The number of aliphatic imine (C=N–C) groups is 1. The van der Waals surface area contributed by atoms with Gasteiger partial charge in [0.1, 0.15) is 0 Å². The Balaban J connectivity index is 2.19. The van der Waals surface area contributed by atoms with Gasteiger partial charge in [-0.15, -0.1) is 0 Å². The van der Waals surface area contributed by atoms with E-state index < -0.39 is 0 Å². The van der Waals surface area contributed by atoms with Gasteiger partial charge in [-0.2, -0.15) is 0 Å². The molecule has 0 aromatic heterocycles. The number of carbonyl (C=O) groups excluding carboxylic acids is 1. The predicted molar refractivity (Wildman–Crippen MR) is 62.5 cm³/mol. The van der Waals surface area contributed by atoms with Crippen molar-refractivity contribution < 1.29 is 9.53 Å². The molecule has 0 saturated heterocycles. The lowest BCUT2D eigenvalue weighted by Gasteiger charge is -2.05. The zero-order valence-corrected chi connectivity index (χ0v) is 9.14. The monoisotopic (exact) mass is 215 g/mol. The molecule has 0 spiro atoms. The van der Waals surface area contributed by atoms with E-state index in [1.54, 1.807) is 6.20 Å². The molecule has 82 valence electrons. The number of fused-ring (bicyclic) bond motifs is 1. The fourth-order valence-electron chi connectivity index (χ4n) is 1.70. The number of rotatable bonds is 2. The van der Waals surface area contributed by atoms with Gasteiger partial charge in [0.25, 0.3) is 0 Å². The van der Waals surface area contributed by atoms with Crippen LogP contribution in [0.2, 0.25) is 0 Å². The van der Waals surface area contributed by atoms with Crippen LogP contribution in [-0.4, -0.2) is 19.3 Å². The molecule has 0 saturated carbocycles. The predicted octanol–water partition coefficient (Wildman–Crippen LogP) is 2.11. The molecule has 0 radical (unpaired) electrons. The van der Waals surface area contributed by atoms with Crippen molar-refractivity contribution in [2.24, 2.45) is 4.99 Å². The van der Waals surface area contributed by atoms with Gasteiger partial charge >= 0.3 is 5.97 Å². The first-order valence-corrected chi connectivity index (χ1v) is 5.15. The van der Waals surface area contributed by atoms with Gasteiger partial charge in [-0.05, 0) is 23.1 Å². The second-order valence-electron chi connectivity index (χ2n) is 3.69. The highest BCUT2D eigenvalue weighted by atomic mass is 16.5. The first kappa shape index (κ1) is 10.6. The van der Waals surface area contributed by atoms with Crippen molar-refractivity contribution >= 4 is 12.2 Å². The summed E-state index contributed by atoms with van der Waals surface area (Å²) >= 11 is 0. The number of methoxy groups -OCH3 is 1. The van der Waals surface area contributed by atoms with Gasteiger partial charge in [-0.3, -0.25) is 9.79 Å². The quantitative estimate of drug-likeness (QED) is 0.709. The first-order chi connectivity index (χ1) is 7.79. The van der Waals surface area contributed by atoms with Crippen molar-refractivity contribution in [3.8, 4) is 0 Å². The molecule has 0 bridgehead atoms. The van der Waals surface area contributed by atoms with E-state index in [0.717, 1.165) is 17.6 Å². The van der Waals surface area contributed by atoms with Crippen molar-refractivity contribution in [2.75, 3.05) is 7.11 Å². The summed E-state index contributed by atoms with van der Waals surface area (Å²) in [7, 11) is 1.40. The number of nitrogens with zero attached hydrogens (tertiary/aromatic N) is 1. The van der Waals surface area contributed by atoms with Gasteiger partial charge in [0.2, 0.25) is 0 Å². The maximum atomic E-state index is 11.2. The van der Waals surface area contributed by atoms with Gasteiger partial charge < -0.3 is 4.74 Å². The molecule has 0 aliphatic carbocycles. The Hall–Kier alpha value is -1.90. The molecule has 0 unspecified atom stereocenters. The second-order valence-corrected chi connectivity index (χ2v) is 3.69. The molecule has 0 N–H and O–H groups in total. The molecule has 16 heavy (non-hydrogen) atoms. The molecular weight excluding hydrogens is 202 g/mol. The average molecular weight is 215 g/mol. The third-order valence-electron chi connectivity index (χ3n) is 2.54. The normalized spacial score (nSPS) is 13.7. The molecule has 2 rings (SSSR count). The smallest absolute Gasteiger partial charge is 0.309 e. The van der Waals surface area contributed by atoms with E-state index in [0.29, 0.717) is 6.42 Å².